The minimum atomic E-state index is -4.53. The maximum atomic E-state index is 13.1. The number of nitrogens with one attached hydrogen (secondary N) is 1. The highest BCUT2D eigenvalue weighted by Crippen LogP contribution is 2.30. The lowest BCUT2D eigenvalue weighted by atomic mass is 10.1. The van der Waals surface area contributed by atoms with Crippen LogP contribution in [0.25, 0.3) is 5.69 Å². The molecule has 3 aromatic rings. The van der Waals surface area contributed by atoms with E-state index in [0.29, 0.717) is 18.9 Å². The molecular formula is C23H22F3N3O3. The number of hydrogen-bond acceptors (Lipinski definition) is 4. The van der Waals surface area contributed by atoms with E-state index in [4.69, 9.17) is 4.74 Å². The van der Waals surface area contributed by atoms with Gasteiger partial charge in [-0.1, -0.05) is 30.3 Å². The third-order valence-corrected chi connectivity index (χ3v) is 4.76. The van der Waals surface area contributed by atoms with Gasteiger partial charge in [0.05, 0.1) is 17.9 Å². The van der Waals surface area contributed by atoms with Crippen molar-refractivity contribution < 1.29 is 22.7 Å². The van der Waals surface area contributed by atoms with Crippen molar-refractivity contribution in [2.75, 3.05) is 6.61 Å². The molecule has 3 rings (SSSR count). The van der Waals surface area contributed by atoms with Gasteiger partial charge in [0.15, 0.2) is 5.69 Å². The molecule has 1 N–H and O–H groups in total. The van der Waals surface area contributed by atoms with Gasteiger partial charge in [-0.25, -0.2) is 4.68 Å². The minimum absolute atomic E-state index is 0.0911. The summed E-state index contributed by atoms with van der Waals surface area (Å²) in [5, 5.41) is 6.71. The first-order valence-electron chi connectivity index (χ1n) is 9.92. The van der Waals surface area contributed by atoms with Crippen LogP contribution in [0.1, 0.15) is 39.8 Å². The Morgan fingerprint density at radius 3 is 2.50 bits per heavy atom. The number of hydrogen-bond donors (Lipinski definition) is 1. The SMILES string of the molecule is CCOCc1ccccc1CNC(=O)c1nn(-c2cccc(C(F)(F)F)c2)c(C)cc1=O. The van der Waals surface area contributed by atoms with Crippen LogP contribution >= 0.6 is 0 Å². The van der Waals surface area contributed by atoms with Crippen molar-refractivity contribution in [3.63, 3.8) is 0 Å². The van der Waals surface area contributed by atoms with Gasteiger partial charge in [-0.15, -0.1) is 0 Å². The Balaban J connectivity index is 1.87. The zero-order valence-electron chi connectivity index (χ0n) is 17.6. The Morgan fingerprint density at radius 1 is 1.09 bits per heavy atom. The molecule has 6 nitrogen and oxygen atoms in total. The first kappa shape index (κ1) is 23.2. The van der Waals surface area contributed by atoms with E-state index in [1.807, 2.05) is 31.2 Å². The highest BCUT2D eigenvalue weighted by Gasteiger charge is 2.30. The molecule has 2 aromatic carbocycles. The van der Waals surface area contributed by atoms with Crippen LogP contribution in [0.2, 0.25) is 0 Å². The second-order valence-electron chi connectivity index (χ2n) is 7.05. The summed E-state index contributed by atoms with van der Waals surface area (Å²) in [5.41, 5.74) is 0.224. The number of aromatic nitrogens is 2. The van der Waals surface area contributed by atoms with Gasteiger partial charge in [0.1, 0.15) is 0 Å². The molecular weight excluding hydrogens is 423 g/mol. The second-order valence-corrected chi connectivity index (χ2v) is 7.05. The van der Waals surface area contributed by atoms with Crippen LogP contribution in [0.5, 0.6) is 0 Å². The van der Waals surface area contributed by atoms with Gasteiger partial charge in [-0.2, -0.15) is 18.3 Å². The molecule has 0 radical (unpaired) electrons. The highest BCUT2D eigenvalue weighted by atomic mass is 19.4. The van der Waals surface area contributed by atoms with E-state index >= 15 is 0 Å². The van der Waals surface area contributed by atoms with Crippen LogP contribution in [0.3, 0.4) is 0 Å². The fourth-order valence-electron chi connectivity index (χ4n) is 3.12. The van der Waals surface area contributed by atoms with E-state index in [1.54, 1.807) is 0 Å². The predicted octanol–water partition coefficient (Wildman–Crippen LogP) is 4.03. The molecule has 0 spiro atoms. The number of benzene rings is 2. The molecule has 168 valence electrons. The maximum absolute atomic E-state index is 13.1. The summed E-state index contributed by atoms with van der Waals surface area (Å²) < 4.78 is 45.8. The number of carbonyl (C=O) groups is 1. The zero-order valence-corrected chi connectivity index (χ0v) is 17.6. The van der Waals surface area contributed by atoms with Crippen LogP contribution in [0.15, 0.2) is 59.4 Å². The molecule has 0 unspecified atom stereocenters. The molecule has 1 heterocycles. The number of amides is 1. The van der Waals surface area contributed by atoms with Crippen LogP contribution in [-0.2, 0) is 24.1 Å². The molecule has 0 bridgehead atoms. The zero-order chi connectivity index (χ0) is 23.3. The molecule has 0 atom stereocenters. The van der Waals surface area contributed by atoms with Gasteiger partial charge >= 0.3 is 6.18 Å². The predicted molar refractivity (Wildman–Crippen MR) is 113 cm³/mol. The topological polar surface area (TPSA) is 73.2 Å². The van der Waals surface area contributed by atoms with Gasteiger partial charge < -0.3 is 10.1 Å². The monoisotopic (exact) mass is 445 g/mol. The van der Waals surface area contributed by atoms with Gasteiger partial charge in [0.25, 0.3) is 5.91 Å². The lowest BCUT2D eigenvalue weighted by Gasteiger charge is -2.14. The molecule has 0 saturated carbocycles. The van der Waals surface area contributed by atoms with Gasteiger partial charge in [-0.05, 0) is 43.2 Å². The average molecular weight is 445 g/mol. The first-order valence-corrected chi connectivity index (χ1v) is 9.92. The lowest BCUT2D eigenvalue weighted by molar-refractivity contribution is -0.137. The molecule has 1 aromatic heterocycles. The normalized spacial score (nSPS) is 11.4. The maximum Gasteiger partial charge on any atom is 0.416 e. The Morgan fingerprint density at radius 2 is 1.81 bits per heavy atom. The van der Waals surface area contributed by atoms with E-state index < -0.39 is 28.8 Å². The van der Waals surface area contributed by atoms with E-state index in [0.717, 1.165) is 27.9 Å². The molecule has 0 saturated heterocycles. The molecule has 0 aliphatic heterocycles. The Bertz CT molecular complexity index is 1170. The summed E-state index contributed by atoms with van der Waals surface area (Å²) in [6.07, 6.45) is -4.53. The Hall–Kier alpha value is -3.46. The number of halogens is 3. The van der Waals surface area contributed by atoms with Crippen LogP contribution in [-0.4, -0.2) is 22.3 Å². The number of aryl methyl sites for hydroxylation is 1. The van der Waals surface area contributed by atoms with Crippen molar-refractivity contribution in [1.82, 2.24) is 15.1 Å². The Kier molecular flexibility index (Phi) is 7.09. The van der Waals surface area contributed by atoms with Gasteiger partial charge in [0.2, 0.25) is 5.43 Å². The molecule has 0 aliphatic rings. The quantitative estimate of drug-likeness (QED) is 0.596. The molecule has 9 heteroatoms. The van der Waals surface area contributed by atoms with E-state index in [9.17, 15) is 22.8 Å². The Labute approximate surface area is 182 Å². The fourth-order valence-corrected chi connectivity index (χ4v) is 3.12. The fraction of sp³-hybridized carbons (Fsp3) is 0.261. The summed E-state index contributed by atoms with van der Waals surface area (Å²) >= 11 is 0. The first-order chi connectivity index (χ1) is 15.2. The van der Waals surface area contributed by atoms with E-state index in [-0.39, 0.29) is 12.2 Å². The van der Waals surface area contributed by atoms with E-state index in [2.05, 4.69) is 10.4 Å². The number of rotatable bonds is 7. The number of nitrogens with zero attached hydrogens (tertiary/aromatic N) is 2. The molecule has 0 aliphatic carbocycles. The van der Waals surface area contributed by atoms with Crippen molar-refractivity contribution in [1.29, 1.82) is 0 Å². The van der Waals surface area contributed by atoms with Crippen LogP contribution in [0, 0.1) is 6.92 Å². The third-order valence-electron chi connectivity index (χ3n) is 4.76. The smallest absolute Gasteiger partial charge is 0.377 e. The van der Waals surface area contributed by atoms with Gasteiger partial charge in [-0.3, -0.25) is 9.59 Å². The summed E-state index contributed by atoms with van der Waals surface area (Å²) in [4.78, 5) is 25.1. The summed E-state index contributed by atoms with van der Waals surface area (Å²) in [7, 11) is 0. The van der Waals surface area contributed by atoms with Crippen molar-refractivity contribution in [2.24, 2.45) is 0 Å². The summed E-state index contributed by atoms with van der Waals surface area (Å²) in [5.74, 6) is -0.720. The van der Waals surface area contributed by atoms with Gasteiger partial charge in [0, 0.05) is 24.9 Å². The lowest BCUT2D eigenvalue weighted by Crippen LogP contribution is -2.32. The van der Waals surface area contributed by atoms with Crippen molar-refractivity contribution in [3.05, 3.63) is 92.9 Å². The highest BCUT2D eigenvalue weighted by molar-refractivity contribution is 5.92. The van der Waals surface area contributed by atoms with E-state index in [1.165, 1.54) is 25.1 Å². The third kappa shape index (κ3) is 5.42. The number of alkyl halides is 3. The average Bonchev–Trinajstić information content (AvgIpc) is 2.76. The van der Waals surface area contributed by atoms with Crippen LogP contribution in [0.4, 0.5) is 13.2 Å². The molecule has 0 fully saturated rings. The number of ether oxygens (including phenoxy) is 1. The van der Waals surface area contributed by atoms with Crippen molar-refractivity contribution >= 4 is 5.91 Å². The minimum Gasteiger partial charge on any atom is -0.377 e. The molecule has 1 amide bonds. The second kappa shape index (κ2) is 9.78. The van der Waals surface area contributed by atoms with Crippen molar-refractivity contribution in [3.8, 4) is 5.69 Å². The standard InChI is InChI=1S/C23H22F3N3O3/c1-3-32-14-17-8-5-4-7-16(17)13-27-22(31)21-20(30)11-15(2)29(28-21)19-10-6-9-18(12-19)23(24,25)26/h4-12H,3,13-14H2,1-2H3,(H,27,31). The molecule has 32 heavy (non-hydrogen) atoms. The van der Waals surface area contributed by atoms with Crippen LogP contribution < -0.4 is 10.7 Å². The summed E-state index contributed by atoms with van der Waals surface area (Å²) in [6.45, 7) is 4.47. The number of carbonyl (C=O) groups excluding carboxylic acids is 1. The summed E-state index contributed by atoms with van der Waals surface area (Å²) in [6, 6.07) is 13.1. The van der Waals surface area contributed by atoms with Crippen molar-refractivity contribution in [2.45, 2.75) is 33.2 Å². The largest absolute Gasteiger partial charge is 0.416 e.